The Bertz CT molecular complexity index is 374. The van der Waals surface area contributed by atoms with Gasteiger partial charge in [-0.05, 0) is 43.5 Å². The molecule has 1 aromatic heterocycles. The molecule has 1 aromatic rings. The van der Waals surface area contributed by atoms with Gasteiger partial charge < -0.3 is 10.2 Å². The van der Waals surface area contributed by atoms with Crippen molar-refractivity contribution < 1.29 is 4.79 Å². The maximum absolute atomic E-state index is 12.2. The summed E-state index contributed by atoms with van der Waals surface area (Å²) >= 11 is 0. The van der Waals surface area contributed by atoms with Crippen molar-refractivity contribution in [1.82, 2.24) is 15.2 Å². The third-order valence-electron chi connectivity index (χ3n) is 3.47. The van der Waals surface area contributed by atoms with Gasteiger partial charge in [0.05, 0.1) is 6.04 Å². The number of piperidine rings is 1. The summed E-state index contributed by atoms with van der Waals surface area (Å²) in [7, 11) is 1.89. The molecule has 1 N–H and O–H groups in total. The van der Waals surface area contributed by atoms with Crippen LogP contribution in [0.5, 0.6) is 0 Å². The van der Waals surface area contributed by atoms with E-state index in [1.165, 1.54) is 12.0 Å². The van der Waals surface area contributed by atoms with Crippen LogP contribution in [0.4, 0.5) is 0 Å². The lowest BCUT2D eigenvalue weighted by atomic mass is 10.0. The molecule has 1 saturated heterocycles. The summed E-state index contributed by atoms with van der Waals surface area (Å²) in [5.41, 5.74) is 1.22. The highest BCUT2D eigenvalue weighted by molar-refractivity contribution is 5.81. The molecule has 4 heteroatoms. The van der Waals surface area contributed by atoms with E-state index in [1.54, 1.807) is 12.4 Å². The molecule has 4 nitrogen and oxygen atoms in total. The number of carbonyl (C=O) groups excluding carboxylic acids is 1. The number of pyridine rings is 1. The maximum Gasteiger partial charge on any atom is 0.239 e. The number of aromatic nitrogens is 1. The number of nitrogens with one attached hydrogen (secondary N) is 1. The van der Waals surface area contributed by atoms with Gasteiger partial charge in [0, 0.05) is 26.0 Å². The number of hydrogen-bond donors (Lipinski definition) is 1. The van der Waals surface area contributed by atoms with Crippen LogP contribution in [0.3, 0.4) is 0 Å². The van der Waals surface area contributed by atoms with Crippen molar-refractivity contribution in [2.24, 2.45) is 0 Å². The van der Waals surface area contributed by atoms with Crippen molar-refractivity contribution >= 4 is 5.91 Å². The Morgan fingerprint density at radius 1 is 1.44 bits per heavy atom. The first-order valence-corrected chi connectivity index (χ1v) is 6.64. The first-order valence-electron chi connectivity index (χ1n) is 6.64. The molecule has 1 aliphatic heterocycles. The molecule has 0 saturated carbocycles. The largest absolute Gasteiger partial charge is 0.344 e. The summed E-state index contributed by atoms with van der Waals surface area (Å²) in [6.07, 6.45) is 7.78. The molecule has 1 fully saturated rings. The average molecular weight is 247 g/mol. The van der Waals surface area contributed by atoms with Crippen LogP contribution < -0.4 is 5.32 Å². The Labute approximate surface area is 108 Å². The van der Waals surface area contributed by atoms with Crippen molar-refractivity contribution in [3.63, 3.8) is 0 Å². The van der Waals surface area contributed by atoms with E-state index in [9.17, 15) is 4.79 Å². The third-order valence-corrected chi connectivity index (χ3v) is 3.47. The van der Waals surface area contributed by atoms with Gasteiger partial charge in [0.15, 0.2) is 0 Å². The van der Waals surface area contributed by atoms with Crippen molar-refractivity contribution in [2.75, 3.05) is 20.1 Å². The standard InChI is InChI=1S/C14H21N3O/c1-17(11-7-12-5-9-15-10-6-12)14(18)13-4-2-3-8-16-13/h5-6,9-10,13,16H,2-4,7-8,11H2,1H3. The van der Waals surface area contributed by atoms with E-state index in [1.807, 2.05) is 24.1 Å². The molecule has 0 spiro atoms. The van der Waals surface area contributed by atoms with Gasteiger partial charge in [-0.15, -0.1) is 0 Å². The minimum Gasteiger partial charge on any atom is -0.344 e. The highest BCUT2D eigenvalue weighted by atomic mass is 16.2. The van der Waals surface area contributed by atoms with Crippen LogP contribution in [0.1, 0.15) is 24.8 Å². The molecule has 1 amide bonds. The molecular weight excluding hydrogens is 226 g/mol. The lowest BCUT2D eigenvalue weighted by molar-refractivity contribution is -0.132. The topological polar surface area (TPSA) is 45.2 Å². The summed E-state index contributed by atoms with van der Waals surface area (Å²) < 4.78 is 0. The smallest absolute Gasteiger partial charge is 0.239 e. The highest BCUT2D eigenvalue weighted by Gasteiger charge is 2.23. The lowest BCUT2D eigenvalue weighted by Crippen LogP contribution is -2.47. The average Bonchev–Trinajstić information content (AvgIpc) is 2.46. The van der Waals surface area contributed by atoms with E-state index in [0.717, 1.165) is 32.4 Å². The normalized spacial score (nSPS) is 19.5. The van der Waals surface area contributed by atoms with Crippen molar-refractivity contribution in [3.8, 4) is 0 Å². The highest BCUT2D eigenvalue weighted by Crippen LogP contribution is 2.09. The van der Waals surface area contributed by atoms with Gasteiger partial charge in [0.25, 0.3) is 0 Å². The van der Waals surface area contributed by atoms with Gasteiger partial charge in [0.2, 0.25) is 5.91 Å². The Balaban J connectivity index is 1.80. The van der Waals surface area contributed by atoms with Crippen LogP contribution in [0, 0.1) is 0 Å². The molecule has 2 heterocycles. The lowest BCUT2D eigenvalue weighted by Gasteiger charge is -2.27. The van der Waals surface area contributed by atoms with Gasteiger partial charge >= 0.3 is 0 Å². The maximum atomic E-state index is 12.2. The zero-order valence-electron chi connectivity index (χ0n) is 10.9. The first kappa shape index (κ1) is 13.0. The first-order chi connectivity index (χ1) is 8.77. The van der Waals surface area contributed by atoms with E-state index < -0.39 is 0 Å². The monoisotopic (exact) mass is 247 g/mol. The van der Waals surface area contributed by atoms with E-state index >= 15 is 0 Å². The van der Waals surface area contributed by atoms with Crippen molar-refractivity contribution in [3.05, 3.63) is 30.1 Å². The van der Waals surface area contributed by atoms with Gasteiger partial charge in [-0.3, -0.25) is 9.78 Å². The molecule has 98 valence electrons. The predicted octanol–water partition coefficient (Wildman–Crippen LogP) is 1.22. The van der Waals surface area contributed by atoms with E-state index in [0.29, 0.717) is 0 Å². The van der Waals surface area contributed by atoms with Gasteiger partial charge in [-0.25, -0.2) is 0 Å². The summed E-state index contributed by atoms with van der Waals surface area (Å²) in [6.45, 7) is 1.73. The molecule has 0 radical (unpaired) electrons. The Kier molecular flexibility index (Phi) is 4.70. The second kappa shape index (κ2) is 6.50. The van der Waals surface area contributed by atoms with Crippen LogP contribution in [-0.4, -0.2) is 42.0 Å². The number of amides is 1. The predicted molar refractivity (Wildman–Crippen MR) is 71.2 cm³/mol. The number of carbonyl (C=O) groups is 1. The van der Waals surface area contributed by atoms with Crippen LogP contribution in [0.25, 0.3) is 0 Å². The van der Waals surface area contributed by atoms with Crippen LogP contribution in [0.2, 0.25) is 0 Å². The molecule has 0 aromatic carbocycles. The molecule has 1 atom stereocenters. The van der Waals surface area contributed by atoms with Gasteiger partial charge in [-0.2, -0.15) is 0 Å². The summed E-state index contributed by atoms with van der Waals surface area (Å²) in [6, 6.07) is 4.02. The van der Waals surface area contributed by atoms with Crippen molar-refractivity contribution in [1.29, 1.82) is 0 Å². The fourth-order valence-corrected chi connectivity index (χ4v) is 2.29. The Morgan fingerprint density at radius 2 is 2.22 bits per heavy atom. The second-order valence-corrected chi connectivity index (χ2v) is 4.87. The van der Waals surface area contributed by atoms with Gasteiger partial charge in [-0.1, -0.05) is 6.42 Å². The second-order valence-electron chi connectivity index (χ2n) is 4.87. The third kappa shape index (κ3) is 3.53. The van der Waals surface area contributed by atoms with Crippen LogP contribution >= 0.6 is 0 Å². The summed E-state index contributed by atoms with van der Waals surface area (Å²) in [5.74, 6) is 0.226. The number of nitrogens with zero attached hydrogens (tertiary/aromatic N) is 2. The quantitative estimate of drug-likeness (QED) is 0.870. The zero-order valence-corrected chi connectivity index (χ0v) is 10.9. The fourth-order valence-electron chi connectivity index (χ4n) is 2.29. The molecule has 18 heavy (non-hydrogen) atoms. The Hall–Kier alpha value is -1.42. The molecule has 0 aliphatic carbocycles. The summed E-state index contributed by atoms with van der Waals surface area (Å²) in [4.78, 5) is 18.0. The summed E-state index contributed by atoms with van der Waals surface area (Å²) in [5, 5.41) is 3.30. The molecule has 1 aliphatic rings. The molecular formula is C14H21N3O. The Morgan fingerprint density at radius 3 is 2.89 bits per heavy atom. The van der Waals surface area contributed by atoms with Crippen molar-refractivity contribution in [2.45, 2.75) is 31.7 Å². The molecule has 1 unspecified atom stereocenters. The molecule has 2 rings (SSSR count). The number of rotatable bonds is 4. The number of likely N-dealkylation sites (N-methyl/N-ethyl adjacent to an activating group) is 1. The fraction of sp³-hybridized carbons (Fsp3) is 0.571. The van der Waals surface area contributed by atoms with E-state index in [4.69, 9.17) is 0 Å². The number of hydrogen-bond acceptors (Lipinski definition) is 3. The zero-order chi connectivity index (χ0) is 12.8. The minimum absolute atomic E-state index is 0.0289. The van der Waals surface area contributed by atoms with Crippen LogP contribution in [-0.2, 0) is 11.2 Å². The SMILES string of the molecule is CN(CCc1ccncc1)C(=O)C1CCCCN1. The van der Waals surface area contributed by atoms with Crippen LogP contribution in [0.15, 0.2) is 24.5 Å². The molecule has 0 bridgehead atoms. The minimum atomic E-state index is 0.0289. The van der Waals surface area contributed by atoms with Gasteiger partial charge in [0.1, 0.15) is 0 Å². The van der Waals surface area contributed by atoms with E-state index in [-0.39, 0.29) is 11.9 Å². The van der Waals surface area contributed by atoms with E-state index in [2.05, 4.69) is 10.3 Å².